The van der Waals surface area contributed by atoms with Crippen molar-refractivity contribution in [2.75, 3.05) is 12.5 Å². The molecule has 0 atom stereocenters. The number of hydrogen-bond acceptors (Lipinski definition) is 1. The van der Waals surface area contributed by atoms with Crippen LogP contribution in [0.1, 0.15) is 24.5 Å². The quantitative estimate of drug-likeness (QED) is 0.475. The Balaban J connectivity index is 2.17. The zero-order valence-corrected chi connectivity index (χ0v) is 13.5. The van der Waals surface area contributed by atoms with Gasteiger partial charge in [0.2, 0.25) is 0 Å². The Labute approximate surface area is 136 Å². The SMILES string of the molecule is CC/C(=C/c1ccc(OCCCl)cc1)c1ccc(Cl)cc1. The van der Waals surface area contributed by atoms with Gasteiger partial charge in [0.1, 0.15) is 12.4 Å². The van der Waals surface area contributed by atoms with Crippen molar-refractivity contribution >= 4 is 34.9 Å². The number of ether oxygens (including phenoxy) is 1. The van der Waals surface area contributed by atoms with Gasteiger partial charge in [-0.3, -0.25) is 0 Å². The summed E-state index contributed by atoms with van der Waals surface area (Å²) in [6.07, 6.45) is 3.15. The van der Waals surface area contributed by atoms with E-state index in [0.29, 0.717) is 12.5 Å². The van der Waals surface area contributed by atoms with Crippen LogP contribution in [0.4, 0.5) is 0 Å². The Morgan fingerprint density at radius 2 is 1.71 bits per heavy atom. The molecule has 0 heterocycles. The van der Waals surface area contributed by atoms with Crippen molar-refractivity contribution in [2.24, 2.45) is 0 Å². The molecule has 0 radical (unpaired) electrons. The molecule has 2 rings (SSSR count). The van der Waals surface area contributed by atoms with E-state index in [0.717, 1.165) is 22.8 Å². The molecular weight excluding hydrogens is 303 g/mol. The van der Waals surface area contributed by atoms with Crippen LogP contribution in [0, 0.1) is 0 Å². The largest absolute Gasteiger partial charge is 0.492 e. The van der Waals surface area contributed by atoms with E-state index in [1.54, 1.807) is 0 Å². The number of allylic oxidation sites excluding steroid dienone is 1. The minimum absolute atomic E-state index is 0.498. The van der Waals surface area contributed by atoms with E-state index in [1.807, 2.05) is 24.3 Å². The van der Waals surface area contributed by atoms with Gasteiger partial charge < -0.3 is 4.74 Å². The highest BCUT2D eigenvalue weighted by atomic mass is 35.5. The molecule has 0 aromatic heterocycles. The third kappa shape index (κ3) is 4.80. The number of halogens is 2. The molecular formula is C18H18Cl2O. The molecule has 2 aromatic carbocycles. The van der Waals surface area contributed by atoms with E-state index in [9.17, 15) is 0 Å². The molecule has 0 unspecified atom stereocenters. The van der Waals surface area contributed by atoms with Crippen LogP contribution in [0.5, 0.6) is 5.75 Å². The number of benzene rings is 2. The third-order valence-electron chi connectivity index (χ3n) is 3.16. The lowest BCUT2D eigenvalue weighted by Gasteiger charge is -2.07. The van der Waals surface area contributed by atoms with Crippen molar-refractivity contribution in [3.63, 3.8) is 0 Å². The smallest absolute Gasteiger partial charge is 0.119 e. The maximum Gasteiger partial charge on any atom is 0.119 e. The molecule has 3 heteroatoms. The summed E-state index contributed by atoms with van der Waals surface area (Å²) in [4.78, 5) is 0. The minimum atomic E-state index is 0.498. The molecule has 110 valence electrons. The van der Waals surface area contributed by atoms with Gasteiger partial charge in [0, 0.05) is 5.02 Å². The summed E-state index contributed by atoms with van der Waals surface area (Å²) in [5, 5.41) is 0.759. The molecule has 1 nitrogen and oxygen atoms in total. The average molecular weight is 321 g/mol. The highest BCUT2D eigenvalue weighted by molar-refractivity contribution is 6.30. The third-order valence-corrected chi connectivity index (χ3v) is 3.57. The normalized spacial score (nSPS) is 11.5. The molecule has 0 aliphatic rings. The van der Waals surface area contributed by atoms with E-state index >= 15 is 0 Å². The van der Waals surface area contributed by atoms with Crippen molar-refractivity contribution < 1.29 is 4.74 Å². The van der Waals surface area contributed by atoms with Gasteiger partial charge in [-0.2, -0.15) is 0 Å². The summed E-state index contributed by atoms with van der Waals surface area (Å²) in [5.41, 5.74) is 3.63. The summed E-state index contributed by atoms with van der Waals surface area (Å²) >= 11 is 11.5. The molecule has 21 heavy (non-hydrogen) atoms. The van der Waals surface area contributed by atoms with E-state index < -0.39 is 0 Å². The zero-order chi connectivity index (χ0) is 15.1. The van der Waals surface area contributed by atoms with Gasteiger partial charge in [-0.25, -0.2) is 0 Å². The summed E-state index contributed by atoms with van der Waals surface area (Å²) in [6.45, 7) is 2.68. The lowest BCUT2D eigenvalue weighted by atomic mass is 10.0. The zero-order valence-electron chi connectivity index (χ0n) is 12.0. The fourth-order valence-corrected chi connectivity index (χ4v) is 2.27. The second-order valence-corrected chi connectivity index (χ2v) is 5.45. The lowest BCUT2D eigenvalue weighted by Crippen LogP contribution is -1.97. The van der Waals surface area contributed by atoms with Crippen molar-refractivity contribution in [3.05, 3.63) is 64.7 Å². The van der Waals surface area contributed by atoms with Crippen LogP contribution in [-0.2, 0) is 0 Å². The Bertz CT molecular complexity index is 586. The van der Waals surface area contributed by atoms with Crippen molar-refractivity contribution in [2.45, 2.75) is 13.3 Å². The molecule has 0 amide bonds. The van der Waals surface area contributed by atoms with Crippen LogP contribution in [0.15, 0.2) is 48.5 Å². The van der Waals surface area contributed by atoms with E-state index in [4.69, 9.17) is 27.9 Å². The fourth-order valence-electron chi connectivity index (χ4n) is 2.07. The monoisotopic (exact) mass is 320 g/mol. The molecule has 0 aliphatic carbocycles. The molecule has 0 saturated carbocycles. The minimum Gasteiger partial charge on any atom is -0.492 e. The van der Waals surface area contributed by atoms with Crippen molar-refractivity contribution in [1.29, 1.82) is 0 Å². The second kappa shape index (κ2) is 8.11. The topological polar surface area (TPSA) is 9.23 Å². The highest BCUT2D eigenvalue weighted by Gasteiger charge is 2.00. The molecule has 2 aromatic rings. The van der Waals surface area contributed by atoms with Crippen LogP contribution in [0.25, 0.3) is 11.6 Å². The summed E-state index contributed by atoms with van der Waals surface area (Å²) in [6, 6.07) is 16.0. The molecule has 0 saturated heterocycles. The van der Waals surface area contributed by atoms with Crippen LogP contribution < -0.4 is 4.74 Å². The molecule has 0 aliphatic heterocycles. The maximum absolute atomic E-state index is 5.94. The molecule has 0 fully saturated rings. The Hall–Kier alpha value is -1.44. The standard InChI is InChI=1S/C18H18Cl2O/c1-2-15(16-5-7-17(20)8-6-16)13-14-3-9-18(10-4-14)21-12-11-19/h3-10,13H,2,11-12H2,1H3/b15-13-. The maximum atomic E-state index is 5.94. The Morgan fingerprint density at radius 1 is 1.05 bits per heavy atom. The van der Waals surface area contributed by atoms with Gasteiger partial charge in [0.25, 0.3) is 0 Å². The van der Waals surface area contributed by atoms with Crippen LogP contribution >= 0.6 is 23.2 Å². The highest BCUT2D eigenvalue weighted by Crippen LogP contribution is 2.24. The van der Waals surface area contributed by atoms with Crippen molar-refractivity contribution in [3.8, 4) is 5.75 Å². The fraction of sp³-hybridized carbons (Fsp3) is 0.222. The predicted molar refractivity (Wildman–Crippen MR) is 92.3 cm³/mol. The summed E-state index contributed by atoms with van der Waals surface area (Å²) in [7, 11) is 0. The molecule has 0 spiro atoms. The number of hydrogen-bond donors (Lipinski definition) is 0. The van der Waals surface area contributed by atoms with Gasteiger partial charge in [-0.1, -0.05) is 48.9 Å². The van der Waals surface area contributed by atoms with E-state index in [1.165, 1.54) is 11.1 Å². The second-order valence-electron chi connectivity index (χ2n) is 4.64. The molecule has 0 bridgehead atoms. The number of rotatable bonds is 6. The molecule has 0 N–H and O–H groups in total. The van der Waals surface area contributed by atoms with Crippen LogP contribution in [0.2, 0.25) is 5.02 Å². The first-order valence-corrected chi connectivity index (χ1v) is 7.89. The first kappa shape index (κ1) is 15.9. The average Bonchev–Trinajstić information content (AvgIpc) is 2.53. The van der Waals surface area contributed by atoms with Crippen molar-refractivity contribution in [1.82, 2.24) is 0 Å². The van der Waals surface area contributed by atoms with Crippen LogP contribution in [-0.4, -0.2) is 12.5 Å². The van der Waals surface area contributed by atoms with E-state index in [2.05, 4.69) is 37.3 Å². The first-order valence-electron chi connectivity index (χ1n) is 6.98. The number of alkyl halides is 1. The van der Waals surface area contributed by atoms with Gasteiger partial charge in [-0.05, 0) is 47.4 Å². The Morgan fingerprint density at radius 3 is 2.29 bits per heavy atom. The van der Waals surface area contributed by atoms with E-state index in [-0.39, 0.29) is 0 Å². The van der Waals surface area contributed by atoms with Gasteiger partial charge in [0.05, 0.1) is 5.88 Å². The first-order chi connectivity index (χ1) is 10.2. The summed E-state index contributed by atoms with van der Waals surface area (Å²) < 4.78 is 5.47. The van der Waals surface area contributed by atoms with Gasteiger partial charge >= 0.3 is 0 Å². The van der Waals surface area contributed by atoms with Gasteiger partial charge in [0.15, 0.2) is 0 Å². The van der Waals surface area contributed by atoms with Gasteiger partial charge in [-0.15, -0.1) is 11.6 Å². The lowest BCUT2D eigenvalue weighted by molar-refractivity contribution is 0.343. The van der Waals surface area contributed by atoms with Crippen LogP contribution in [0.3, 0.4) is 0 Å². The predicted octanol–water partition coefficient (Wildman–Crippen LogP) is 5.91. The Kier molecular flexibility index (Phi) is 6.16. The summed E-state index contributed by atoms with van der Waals surface area (Å²) in [5.74, 6) is 1.34.